The molecule has 0 saturated heterocycles. The van der Waals surface area contributed by atoms with Crippen LogP contribution in [-0.2, 0) is 4.74 Å². The molecule has 0 bridgehead atoms. The van der Waals surface area contributed by atoms with E-state index in [9.17, 15) is 0 Å². The highest BCUT2D eigenvalue weighted by atomic mass is 16.5. The molecule has 1 nitrogen and oxygen atoms in total. The molecule has 4 unspecified atom stereocenters. The Morgan fingerprint density at radius 2 is 1.33 bits per heavy atom. The van der Waals surface area contributed by atoms with E-state index in [1.54, 1.807) is 0 Å². The van der Waals surface area contributed by atoms with Gasteiger partial charge in [0, 0.05) is 11.8 Å². The van der Waals surface area contributed by atoms with Gasteiger partial charge in [0.2, 0.25) is 0 Å². The highest BCUT2D eigenvalue weighted by Crippen LogP contribution is 2.25. The molecule has 0 N–H and O–H groups in total. The summed E-state index contributed by atoms with van der Waals surface area (Å²) >= 11 is 0. The largest absolute Gasteiger partial charge is 0.380 e. The van der Waals surface area contributed by atoms with E-state index in [1.165, 1.54) is 12.8 Å². The molecule has 1 heteroatoms. The number of hydrogen-bond acceptors (Lipinski definition) is 1. The zero-order valence-electron chi connectivity index (χ0n) is 9.86. The highest BCUT2D eigenvalue weighted by Gasteiger charge is 2.18. The van der Waals surface area contributed by atoms with Crippen LogP contribution in [0.3, 0.4) is 0 Å². The average Bonchev–Trinajstić information content (AvgIpc) is 2.76. The number of hydrogen-bond donors (Lipinski definition) is 0. The number of ether oxygens (including phenoxy) is 1. The van der Waals surface area contributed by atoms with Gasteiger partial charge in [0.1, 0.15) is 0 Å². The van der Waals surface area contributed by atoms with Gasteiger partial charge in [0.25, 0.3) is 0 Å². The van der Waals surface area contributed by atoms with Gasteiger partial charge in [-0.1, -0.05) is 38.2 Å². The molecule has 84 valence electrons. The second-order valence-electron chi connectivity index (χ2n) is 5.25. The van der Waals surface area contributed by atoms with Crippen LogP contribution in [-0.4, -0.2) is 13.2 Å². The minimum atomic E-state index is 0.669. The number of rotatable bonds is 4. The molecule has 0 saturated carbocycles. The maximum Gasteiger partial charge on any atom is 0.0529 e. The lowest BCUT2D eigenvalue weighted by molar-refractivity contribution is 0.0895. The molecule has 0 aliphatic heterocycles. The van der Waals surface area contributed by atoms with Crippen molar-refractivity contribution in [2.75, 3.05) is 13.2 Å². The van der Waals surface area contributed by atoms with Gasteiger partial charge in [-0.2, -0.15) is 0 Å². The van der Waals surface area contributed by atoms with Gasteiger partial charge in [-0.3, -0.25) is 0 Å². The first kappa shape index (κ1) is 10.9. The fourth-order valence-electron chi connectivity index (χ4n) is 2.58. The molecular weight excluding hydrogens is 184 g/mol. The van der Waals surface area contributed by atoms with Crippen LogP contribution in [0.4, 0.5) is 0 Å². The Morgan fingerprint density at radius 3 is 1.67 bits per heavy atom. The first-order valence-corrected chi connectivity index (χ1v) is 6.18. The third-order valence-corrected chi connectivity index (χ3v) is 3.44. The van der Waals surface area contributed by atoms with E-state index in [1.807, 2.05) is 0 Å². The second kappa shape index (κ2) is 4.98. The normalized spacial score (nSPS) is 39.1. The van der Waals surface area contributed by atoms with Gasteiger partial charge in [-0.15, -0.1) is 0 Å². The van der Waals surface area contributed by atoms with Crippen molar-refractivity contribution in [2.45, 2.75) is 26.7 Å². The van der Waals surface area contributed by atoms with Crippen LogP contribution in [0.2, 0.25) is 0 Å². The van der Waals surface area contributed by atoms with Crippen molar-refractivity contribution in [2.24, 2.45) is 23.7 Å². The molecule has 15 heavy (non-hydrogen) atoms. The van der Waals surface area contributed by atoms with Crippen LogP contribution in [0.15, 0.2) is 24.3 Å². The van der Waals surface area contributed by atoms with E-state index in [0.717, 1.165) is 25.0 Å². The molecule has 2 rings (SSSR count). The zero-order chi connectivity index (χ0) is 10.7. The third kappa shape index (κ3) is 3.20. The van der Waals surface area contributed by atoms with Gasteiger partial charge in [-0.05, 0) is 24.7 Å². The van der Waals surface area contributed by atoms with Crippen molar-refractivity contribution in [3.05, 3.63) is 24.3 Å². The summed E-state index contributed by atoms with van der Waals surface area (Å²) in [7, 11) is 0. The Balaban J connectivity index is 1.60. The van der Waals surface area contributed by atoms with E-state index in [2.05, 4.69) is 38.2 Å². The van der Waals surface area contributed by atoms with Crippen LogP contribution in [0.5, 0.6) is 0 Å². The van der Waals surface area contributed by atoms with E-state index in [-0.39, 0.29) is 0 Å². The Kier molecular flexibility index (Phi) is 3.63. The Morgan fingerprint density at radius 1 is 0.867 bits per heavy atom. The maximum atomic E-state index is 5.80. The first-order valence-electron chi connectivity index (χ1n) is 6.18. The van der Waals surface area contributed by atoms with Crippen molar-refractivity contribution in [3.63, 3.8) is 0 Å². The maximum absolute atomic E-state index is 5.80. The lowest BCUT2D eigenvalue weighted by atomic mass is 10.1. The summed E-state index contributed by atoms with van der Waals surface area (Å²) in [5.74, 6) is 2.85. The predicted molar refractivity (Wildman–Crippen MR) is 63.6 cm³/mol. The summed E-state index contributed by atoms with van der Waals surface area (Å²) in [5, 5.41) is 0. The highest BCUT2D eigenvalue weighted by molar-refractivity contribution is 5.01. The summed E-state index contributed by atoms with van der Waals surface area (Å²) in [4.78, 5) is 0. The summed E-state index contributed by atoms with van der Waals surface area (Å²) in [6, 6.07) is 0. The lowest BCUT2D eigenvalue weighted by Crippen LogP contribution is -2.11. The van der Waals surface area contributed by atoms with Gasteiger partial charge in [0.05, 0.1) is 13.2 Å². The smallest absolute Gasteiger partial charge is 0.0529 e. The topological polar surface area (TPSA) is 9.23 Å². The van der Waals surface area contributed by atoms with Crippen LogP contribution in [0.1, 0.15) is 26.7 Å². The quantitative estimate of drug-likeness (QED) is 0.640. The molecular formula is C14H22O. The van der Waals surface area contributed by atoms with Gasteiger partial charge >= 0.3 is 0 Å². The molecule has 2 aliphatic carbocycles. The van der Waals surface area contributed by atoms with E-state index >= 15 is 0 Å². The fourth-order valence-corrected chi connectivity index (χ4v) is 2.58. The fraction of sp³-hybridized carbons (Fsp3) is 0.714. The Hall–Kier alpha value is -0.560. The molecule has 0 amide bonds. The summed E-state index contributed by atoms with van der Waals surface area (Å²) in [6.45, 7) is 6.38. The van der Waals surface area contributed by atoms with Crippen LogP contribution in [0.25, 0.3) is 0 Å². The molecule has 0 aromatic carbocycles. The SMILES string of the molecule is CC1C=CC(COCC2C=CC(C)C2)C1. The minimum absolute atomic E-state index is 0.669. The van der Waals surface area contributed by atoms with Crippen molar-refractivity contribution in [3.8, 4) is 0 Å². The molecule has 4 atom stereocenters. The lowest BCUT2D eigenvalue weighted by Gasteiger charge is -2.13. The molecule has 0 aromatic heterocycles. The van der Waals surface area contributed by atoms with Crippen LogP contribution >= 0.6 is 0 Å². The second-order valence-corrected chi connectivity index (χ2v) is 5.25. The van der Waals surface area contributed by atoms with Crippen LogP contribution in [0, 0.1) is 23.7 Å². The molecule has 0 spiro atoms. The van der Waals surface area contributed by atoms with E-state index < -0.39 is 0 Å². The first-order chi connectivity index (χ1) is 7.24. The van der Waals surface area contributed by atoms with Crippen molar-refractivity contribution >= 4 is 0 Å². The van der Waals surface area contributed by atoms with Gasteiger partial charge in [-0.25, -0.2) is 0 Å². The third-order valence-electron chi connectivity index (χ3n) is 3.44. The van der Waals surface area contributed by atoms with Crippen molar-refractivity contribution in [1.29, 1.82) is 0 Å². The molecule has 0 fully saturated rings. The molecule has 0 heterocycles. The molecule has 0 aromatic rings. The summed E-state index contributed by atoms with van der Waals surface area (Å²) in [5.41, 5.74) is 0. The Bertz CT molecular complexity index is 228. The predicted octanol–water partition coefficient (Wildman–Crippen LogP) is 3.43. The average molecular weight is 206 g/mol. The Labute approximate surface area is 93.2 Å². The monoisotopic (exact) mass is 206 g/mol. The van der Waals surface area contributed by atoms with Crippen molar-refractivity contribution < 1.29 is 4.74 Å². The van der Waals surface area contributed by atoms with E-state index in [4.69, 9.17) is 4.74 Å². The van der Waals surface area contributed by atoms with Gasteiger partial charge < -0.3 is 4.74 Å². The zero-order valence-corrected chi connectivity index (χ0v) is 9.86. The van der Waals surface area contributed by atoms with Crippen molar-refractivity contribution in [1.82, 2.24) is 0 Å². The standard InChI is InChI=1S/C14H22O/c1-11-3-5-13(7-11)9-15-10-14-6-4-12(2)8-14/h3-6,11-14H,7-10H2,1-2H3. The molecule has 2 aliphatic rings. The summed E-state index contributed by atoms with van der Waals surface area (Å²) in [6.07, 6.45) is 11.8. The number of allylic oxidation sites excluding steroid dienone is 2. The summed E-state index contributed by atoms with van der Waals surface area (Å²) < 4.78 is 5.80. The molecule has 0 radical (unpaired) electrons. The van der Waals surface area contributed by atoms with Gasteiger partial charge in [0.15, 0.2) is 0 Å². The van der Waals surface area contributed by atoms with Crippen LogP contribution < -0.4 is 0 Å². The van der Waals surface area contributed by atoms with E-state index in [0.29, 0.717) is 11.8 Å². The minimum Gasteiger partial charge on any atom is -0.380 e.